The zero-order valence-corrected chi connectivity index (χ0v) is 15.2. The molecule has 0 spiro atoms. The smallest absolute Gasteiger partial charge is 0.324 e. The van der Waals surface area contributed by atoms with Crippen LogP contribution in [0.4, 0.5) is 10.5 Å². The van der Waals surface area contributed by atoms with Crippen LogP contribution in [0.1, 0.15) is 34.7 Å². The maximum Gasteiger partial charge on any atom is 0.324 e. The fourth-order valence-corrected chi connectivity index (χ4v) is 4.66. The number of aromatic nitrogens is 3. The third-order valence-corrected chi connectivity index (χ3v) is 6.45. The zero-order valence-electron chi connectivity index (χ0n) is 14.3. The van der Waals surface area contributed by atoms with E-state index in [0.717, 1.165) is 44.3 Å². The maximum absolute atomic E-state index is 12.1. The van der Waals surface area contributed by atoms with Gasteiger partial charge in [-0.3, -0.25) is 14.5 Å². The van der Waals surface area contributed by atoms with Crippen LogP contribution in [0, 0.1) is 0 Å². The minimum Gasteiger partial charge on any atom is -0.326 e. The second-order valence-electron chi connectivity index (χ2n) is 7.32. The van der Waals surface area contributed by atoms with Gasteiger partial charge in [0.2, 0.25) is 0 Å². The Labute approximate surface area is 150 Å². The van der Waals surface area contributed by atoms with E-state index in [4.69, 9.17) is 0 Å². The van der Waals surface area contributed by atoms with Gasteiger partial charge in [-0.25, -0.2) is 9.78 Å². The van der Waals surface area contributed by atoms with Crippen molar-refractivity contribution in [3.8, 4) is 0 Å². The van der Waals surface area contributed by atoms with E-state index < -0.39 is 0 Å². The Morgan fingerprint density at radius 3 is 2.80 bits per heavy atom. The van der Waals surface area contributed by atoms with Gasteiger partial charge in [-0.05, 0) is 12.8 Å². The molecule has 0 radical (unpaired) electrons. The summed E-state index contributed by atoms with van der Waals surface area (Å²) in [7, 11) is 1.84. The minimum absolute atomic E-state index is 0.0615. The molecule has 0 atom stereocenters. The molecule has 2 amide bonds. The molecule has 4 heterocycles. The van der Waals surface area contributed by atoms with Crippen LogP contribution < -0.4 is 4.90 Å². The number of urea groups is 1. The lowest BCUT2D eigenvalue weighted by Crippen LogP contribution is -2.47. The molecule has 2 aliphatic heterocycles. The first-order chi connectivity index (χ1) is 12.2. The molecule has 1 aliphatic carbocycles. The van der Waals surface area contributed by atoms with Crippen molar-refractivity contribution >= 4 is 23.1 Å². The van der Waals surface area contributed by atoms with E-state index in [0.29, 0.717) is 6.04 Å². The number of thiazole rings is 1. The molecule has 3 aliphatic rings. The van der Waals surface area contributed by atoms with Crippen LogP contribution in [-0.4, -0.2) is 63.8 Å². The van der Waals surface area contributed by atoms with Crippen molar-refractivity contribution in [3.05, 3.63) is 28.5 Å². The molecular formula is C17H22N6OS. The number of carbonyl (C=O) groups excluding carboxylic acids is 1. The molecule has 8 heteroatoms. The summed E-state index contributed by atoms with van der Waals surface area (Å²) in [5, 5.41) is 5.81. The van der Waals surface area contributed by atoms with Crippen LogP contribution in [0.15, 0.2) is 18.6 Å². The predicted molar refractivity (Wildman–Crippen MR) is 96.0 cm³/mol. The molecule has 25 heavy (non-hydrogen) atoms. The van der Waals surface area contributed by atoms with Gasteiger partial charge in [0.25, 0.3) is 0 Å². The van der Waals surface area contributed by atoms with Gasteiger partial charge in [-0.1, -0.05) is 0 Å². The van der Waals surface area contributed by atoms with Crippen molar-refractivity contribution in [3.63, 3.8) is 0 Å². The number of rotatable bonds is 5. The molecular weight excluding hydrogens is 336 g/mol. The van der Waals surface area contributed by atoms with Gasteiger partial charge in [-0.2, -0.15) is 5.10 Å². The lowest BCUT2D eigenvalue weighted by Gasteiger charge is -2.38. The van der Waals surface area contributed by atoms with Crippen molar-refractivity contribution in [2.24, 2.45) is 0 Å². The van der Waals surface area contributed by atoms with E-state index in [1.54, 1.807) is 9.80 Å². The Hall–Kier alpha value is -1.93. The highest BCUT2D eigenvalue weighted by molar-refractivity contribution is 7.11. The summed E-state index contributed by atoms with van der Waals surface area (Å²) in [6, 6.07) is 0.464. The standard InChI is InChI=1S/C17H22N6OS/c1-20-4-5-22(17(20)24)13-6-19-23(10-13)14-8-21(9-14)11-15-7-18-16(25-15)12-2-3-12/h6-7,10,12,14H,2-5,8-9,11H2,1H3. The highest BCUT2D eigenvalue weighted by Crippen LogP contribution is 2.42. The Kier molecular flexibility index (Phi) is 3.56. The lowest BCUT2D eigenvalue weighted by atomic mass is 10.1. The minimum atomic E-state index is 0.0615. The molecule has 3 fully saturated rings. The summed E-state index contributed by atoms with van der Waals surface area (Å²) in [6.07, 6.45) is 8.50. The van der Waals surface area contributed by atoms with Crippen LogP contribution in [0.2, 0.25) is 0 Å². The Balaban J connectivity index is 1.17. The topological polar surface area (TPSA) is 57.5 Å². The Morgan fingerprint density at radius 2 is 2.08 bits per heavy atom. The van der Waals surface area contributed by atoms with Gasteiger partial charge in [0.05, 0.1) is 22.9 Å². The zero-order chi connectivity index (χ0) is 17.0. The van der Waals surface area contributed by atoms with E-state index in [1.807, 2.05) is 41.7 Å². The number of amides is 2. The molecule has 0 aromatic carbocycles. The van der Waals surface area contributed by atoms with Crippen molar-refractivity contribution in [1.82, 2.24) is 24.6 Å². The van der Waals surface area contributed by atoms with Gasteiger partial charge < -0.3 is 4.90 Å². The molecule has 0 unspecified atom stereocenters. The fraction of sp³-hybridized carbons (Fsp3) is 0.588. The third-order valence-electron chi connectivity index (χ3n) is 5.31. The molecule has 2 saturated heterocycles. The van der Waals surface area contributed by atoms with Crippen molar-refractivity contribution in [2.45, 2.75) is 31.3 Å². The number of hydrogen-bond donors (Lipinski definition) is 0. The van der Waals surface area contributed by atoms with Crippen LogP contribution in [-0.2, 0) is 6.54 Å². The number of likely N-dealkylation sites (tertiary alicyclic amines) is 1. The normalized spacial score (nSPS) is 22.0. The van der Waals surface area contributed by atoms with Gasteiger partial charge in [-0.15, -0.1) is 11.3 Å². The van der Waals surface area contributed by atoms with E-state index in [9.17, 15) is 4.79 Å². The molecule has 7 nitrogen and oxygen atoms in total. The average Bonchev–Trinajstić information content (AvgIpc) is 2.98. The summed E-state index contributed by atoms with van der Waals surface area (Å²) in [6.45, 7) is 4.52. The lowest BCUT2D eigenvalue weighted by molar-refractivity contribution is 0.0920. The number of nitrogens with zero attached hydrogens (tertiary/aromatic N) is 6. The summed E-state index contributed by atoms with van der Waals surface area (Å²) in [5.74, 6) is 0.748. The van der Waals surface area contributed by atoms with E-state index >= 15 is 0 Å². The van der Waals surface area contributed by atoms with Crippen molar-refractivity contribution in [2.75, 3.05) is 38.1 Å². The second-order valence-corrected chi connectivity index (χ2v) is 8.47. The molecule has 2 aromatic heterocycles. The number of carbonyl (C=O) groups is 1. The SMILES string of the molecule is CN1CCN(c2cnn(C3CN(Cc4cnc(C5CC5)s4)C3)c2)C1=O. The van der Waals surface area contributed by atoms with Gasteiger partial charge >= 0.3 is 6.03 Å². The maximum atomic E-state index is 12.1. The van der Waals surface area contributed by atoms with E-state index in [1.165, 1.54) is 22.7 Å². The summed E-state index contributed by atoms with van der Waals surface area (Å²) in [4.78, 5) is 24.0. The third kappa shape index (κ3) is 2.83. The highest BCUT2D eigenvalue weighted by Gasteiger charge is 2.32. The Morgan fingerprint density at radius 1 is 1.24 bits per heavy atom. The number of likely N-dealkylation sites (N-methyl/N-ethyl adjacent to an activating group) is 1. The largest absolute Gasteiger partial charge is 0.326 e. The van der Waals surface area contributed by atoms with Gasteiger partial charge in [0, 0.05) is 63.0 Å². The summed E-state index contributed by atoms with van der Waals surface area (Å²) < 4.78 is 2.01. The van der Waals surface area contributed by atoms with Crippen LogP contribution in [0.25, 0.3) is 0 Å². The highest BCUT2D eigenvalue weighted by atomic mass is 32.1. The number of anilines is 1. The second kappa shape index (κ2) is 5.81. The van der Waals surface area contributed by atoms with Gasteiger partial charge in [0.1, 0.15) is 0 Å². The van der Waals surface area contributed by atoms with Crippen LogP contribution in [0.3, 0.4) is 0 Å². The first kappa shape index (κ1) is 15.3. The van der Waals surface area contributed by atoms with Gasteiger partial charge in [0.15, 0.2) is 0 Å². The first-order valence-electron chi connectivity index (χ1n) is 8.91. The van der Waals surface area contributed by atoms with Crippen LogP contribution in [0.5, 0.6) is 0 Å². The van der Waals surface area contributed by atoms with Crippen molar-refractivity contribution in [1.29, 1.82) is 0 Å². The quantitative estimate of drug-likeness (QED) is 0.822. The number of hydrogen-bond acceptors (Lipinski definition) is 5. The average molecular weight is 358 g/mol. The van der Waals surface area contributed by atoms with E-state index in [2.05, 4.69) is 15.0 Å². The van der Waals surface area contributed by atoms with Crippen molar-refractivity contribution < 1.29 is 4.79 Å². The predicted octanol–water partition coefficient (Wildman–Crippen LogP) is 2.15. The fourth-order valence-electron chi connectivity index (χ4n) is 3.53. The molecule has 1 saturated carbocycles. The van der Waals surface area contributed by atoms with Crippen LogP contribution >= 0.6 is 11.3 Å². The first-order valence-corrected chi connectivity index (χ1v) is 9.73. The molecule has 0 bridgehead atoms. The summed E-state index contributed by atoms with van der Waals surface area (Å²) in [5.41, 5.74) is 0.907. The summed E-state index contributed by atoms with van der Waals surface area (Å²) >= 11 is 1.88. The molecule has 5 rings (SSSR count). The molecule has 132 valence electrons. The monoisotopic (exact) mass is 358 g/mol. The molecule has 2 aromatic rings. The Bertz CT molecular complexity index is 791. The van der Waals surface area contributed by atoms with E-state index in [-0.39, 0.29) is 6.03 Å². The molecule has 0 N–H and O–H groups in total.